The Hall–Kier alpha value is -0.813. The first kappa shape index (κ1) is 14.2. The summed E-state index contributed by atoms with van der Waals surface area (Å²) >= 11 is 3.40. The molecule has 0 aliphatic heterocycles. The number of carbonyl (C=O) groups is 1. The number of hydrogen-bond donors (Lipinski definition) is 0. The van der Waals surface area contributed by atoms with Crippen molar-refractivity contribution < 1.29 is 9.22 Å². The van der Waals surface area contributed by atoms with Gasteiger partial charge in [-0.15, -0.1) is 0 Å². The minimum Gasteiger partial charge on any atom is -0.544 e. The molecule has 1 rings (SSSR count). The van der Waals surface area contributed by atoms with E-state index < -0.39 is 8.32 Å². The van der Waals surface area contributed by atoms with Crippen LogP contribution in [0.3, 0.4) is 0 Å². The summed E-state index contributed by atoms with van der Waals surface area (Å²) in [7, 11) is 1.75. The lowest BCUT2D eigenvalue weighted by Crippen LogP contribution is -2.31. The van der Waals surface area contributed by atoms with E-state index in [2.05, 4.69) is 35.6 Å². The minimum absolute atomic E-state index is 0.0363. The van der Waals surface area contributed by atoms with Crippen LogP contribution in [0.25, 0.3) is 0 Å². The fourth-order valence-electron chi connectivity index (χ4n) is 1.33. The first-order valence-corrected chi connectivity index (χ1v) is 9.61. The lowest BCUT2D eigenvalue weighted by molar-refractivity contribution is 0.0825. The molecule has 0 aliphatic rings. The Morgan fingerprint density at radius 3 is 2.35 bits per heavy atom. The van der Waals surface area contributed by atoms with Crippen LogP contribution in [0.15, 0.2) is 22.7 Å². The van der Waals surface area contributed by atoms with Crippen molar-refractivity contribution in [1.82, 2.24) is 4.90 Å². The third-order valence-corrected chi connectivity index (χ3v) is 3.32. The van der Waals surface area contributed by atoms with Gasteiger partial charge in [-0.2, -0.15) is 0 Å². The van der Waals surface area contributed by atoms with Crippen molar-refractivity contribution in [2.75, 3.05) is 14.1 Å². The van der Waals surface area contributed by atoms with Gasteiger partial charge >= 0.3 is 0 Å². The van der Waals surface area contributed by atoms with Crippen molar-refractivity contribution in [1.29, 1.82) is 0 Å². The molecule has 3 nitrogen and oxygen atoms in total. The molecule has 17 heavy (non-hydrogen) atoms. The van der Waals surface area contributed by atoms with Gasteiger partial charge in [-0.25, -0.2) is 0 Å². The molecule has 1 amide bonds. The molecule has 1 aromatic carbocycles. The molecule has 0 heterocycles. The van der Waals surface area contributed by atoms with Crippen LogP contribution in [-0.2, 0) is 0 Å². The summed E-state index contributed by atoms with van der Waals surface area (Å²) in [4.78, 5) is 13.6. The largest absolute Gasteiger partial charge is 0.544 e. The molecular formula is C12H18BrNO2Si. The molecule has 0 radical (unpaired) electrons. The van der Waals surface area contributed by atoms with Gasteiger partial charge in [0.25, 0.3) is 5.91 Å². The Balaban J connectivity index is 3.17. The van der Waals surface area contributed by atoms with Crippen LogP contribution < -0.4 is 4.43 Å². The van der Waals surface area contributed by atoms with Crippen molar-refractivity contribution in [2.45, 2.75) is 19.6 Å². The van der Waals surface area contributed by atoms with Gasteiger partial charge in [0.2, 0.25) is 8.32 Å². The van der Waals surface area contributed by atoms with E-state index >= 15 is 0 Å². The smallest absolute Gasteiger partial charge is 0.257 e. The quantitative estimate of drug-likeness (QED) is 0.800. The zero-order valence-electron chi connectivity index (χ0n) is 10.9. The summed E-state index contributed by atoms with van der Waals surface area (Å²) in [5, 5.41) is 0. The van der Waals surface area contributed by atoms with Gasteiger partial charge in [0.15, 0.2) is 0 Å². The molecule has 1 aromatic rings. The number of rotatable bonds is 3. The number of benzene rings is 1. The third-order valence-electron chi connectivity index (χ3n) is 2.00. The van der Waals surface area contributed by atoms with Gasteiger partial charge in [0.05, 0.1) is 5.56 Å². The van der Waals surface area contributed by atoms with Gasteiger partial charge < -0.3 is 9.33 Å². The van der Waals surface area contributed by atoms with Gasteiger partial charge in [-0.3, -0.25) is 4.79 Å². The molecule has 0 bridgehead atoms. The van der Waals surface area contributed by atoms with Crippen LogP contribution in [0.4, 0.5) is 0 Å². The summed E-state index contributed by atoms with van der Waals surface area (Å²) in [6, 6.07) is 5.50. The molecule has 0 spiro atoms. The first-order chi connectivity index (χ1) is 7.70. The predicted molar refractivity (Wildman–Crippen MR) is 76.1 cm³/mol. The SMILES string of the molecule is CN(C)C(=O)c1ccc(Br)cc1O[Si](C)(C)C. The molecule has 0 aliphatic carbocycles. The Morgan fingerprint density at radius 1 is 1.29 bits per heavy atom. The zero-order chi connectivity index (χ0) is 13.2. The highest BCUT2D eigenvalue weighted by Crippen LogP contribution is 2.27. The summed E-state index contributed by atoms with van der Waals surface area (Å²) in [6.45, 7) is 6.29. The van der Waals surface area contributed by atoms with E-state index in [9.17, 15) is 4.79 Å². The molecule has 0 saturated carbocycles. The summed E-state index contributed by atoms with van der Waals surface area (Å²) in [6.07, 6.45) is 0. The first-order valence-electron chi connectivity index (χ1n) is 5.41. The van der Waals surface area contributed by atoms with E-state index in [1.165, 1.54) is 0 Å². The molecule has 94 valence electrons. The van der Waals surface area contributed by atoms with Crippen molar-refractivity contribution in [3.63, 3.8) is 0 Å². The van der Waals surface area contributed by atoms with Gasteiger partial charge in [-0.1, -0.05) is 15.9 Å². The predicted octanol–water partition coefficient (Wildman–Crippen LogP) is 3.36. The Kier molecular flexibility index (Phi) is 4.38. The number of carbonyl (C=O) groups excluding carboxylic acids is 1. The van der Waals surface area contributed by atoms with E-state index in [1.807, 2.05) is 12.1 Å². The van der Waals surface area contributed by atoms with Crippen molar-refractivity contribution in [3.05, 3.63) is 28.2 Å². The standard InChI is InChI=1S/C12H18BrNO2Si/c1-14(2)12(15)10-7-6-9(13)8-11(10)16-17(3,4)5/h6-8H,1-5H3. The van der Waals surface area contributed by atoms with Crippen LogP contribution in [0, 0.1) is 0 Å². The highest BCUT2D eigenvalue weighted by molar-refractivity contribution is 9.10. The highest BCUT2D eigenvalue weighted by atomic mass is 79.9. The molecule has 0 aromatic heterocycles. The molecule has 0 saturated heterocycles. The van der Waals surface area contributed by atoms with Crippen molar-refractivity contribution in [3.8, 4) is 5.75 Å². The fourth-order valence-corrected chi connectivity index (χ4v) is 2.50. The summed E-state index contributed by atoms with van der Waals surface area (Å²) in [5.74, 6) is 0.628. The van der Waals surface area contributed by atoms with Crippen LogP contribution in [0.5, 0.6) is 5.75 Å². The maximum Gasteiger partial charge on any atom is 0.257 e. The van der Waals surface area contributed by atoms with E-state index in [4.69, 9.17) is 4.43 Å². The number of halogens is 1. The lowest BCUT2D eigenvalue weighted by atomic mass is 10.2. The number of amides is 1. The topological polar surface area (TPSA) is 29.5 Å². The van der Waals surface area contributed by atoms with E-state index in [-0.39, 0.29) is 5.91 Å². The second-order valence-corrected chi connectivity index (χ2v) is 10.4. The Morgan fingerprint density at radius 2 is 1.88 bits per heavy atom. The maximum atomic E-state index is 12.0. The monoisotopic (exact) mass is 315 g/mol. The second kappa shape index (κ2) is 5.22. The molecule has 0 fully saturated rings. The molecule has 0 atom stereocenters. The average molecular weight is 316 g/mol. The fraction of sp³-hybridized carbons (Fsp3) is 0.417. The normalized spacial score (nSPS) is 11.2. The number of hydrogen-bond acceptors (Lipinski definition) is 2. The zero-order valence-corrected chi connectivity index (χ0v) is 13.5. The van der Waals surface area contributed by atoms with Crippen LogP contribution in [0.2, 0.25) is 19.6 Å². The molecular weight excluding hydrogens is 298 g/mol. The van der Waals surface area contributed by atoms with Crippen LogP contribution in [-0.4, -0.2) is 33.2 Å². The van der Waals surface area contributed by atoms with Gasteiger partial charge in [-0.05, 0) is 37.8 Å². The van der Waals surface area contributed by atoms with Crippen LogP contribution in [0.1, 0.15) is 10.4 Å². The average Bonchev–Trinajstić information content (AvgIpc) is 2.14. The molecule has 0 N–H and O–H groups in total. The third kappa shape index (κ3) is 4.16. The molecule has 0 unspecified atom stereocenters. The van der Waals surface area contributed by atoms with E-state index in [1.54, 1.807) is 25.1 Å². The second-order valence-electron chi connectivity index (χ2n) is 5.05. The maximum absolute atomic E-state index is 12.0. The molecule has 5 heteroatoms. The Labute approximate surface area is 112 Å². The van der Waals surface area contributed by atoms with Crippen LogP contribution >= 0.6 is 15.9 Å². The number of nitrogens with zero attached hydrogens (tertiary/aromatic N) is 1. The van der Waals surface area contributed by atoms with Crippen molar-refractivity contribution in [2.24, 2.45) is 0 Å². The Bertz CT molecular complexity index is 427. The lowest BCUT2D eigenvalue weighted by Gasteiger charge is -2.22. The highest BCUT2D eigenvalue weighted by Gasteiger charge is 2.21. The summed E-state index contributed by atoms with van der Waals surface area (Å²) < 4.78 is 6.86. The van der Waals surface area contributed by atoms with E-state index in [0.29, 0.717) is 11.3 Å². The van der Waals surface area contributed by atoms with E-state index in [0.717, 1.165) is 4.47 Å². The van der Waals surface area contributed by atoms with Gasteiger partial charge in [0.1, 0.15) is 5.75 Å². The van der Waals surface area contributed by atoms with Gasteiger partial charge in [0, 0.05) is 18.6 Å². The van der Waals surface area contributed by atoms with Crippen molar-refractivity contribution >= 4 is 30.2 Å². The summed E-state index contributed by atoms with van der Waals surface area (Å²) in [5.41, 5.74) is 0.612. The minimum atomic E-state index is -1.72.